The molecule has 30 heavy (non-hydrogen) atoms. The van der Waals surface area contributed by atoms with E-state index in [0.717, 1.165) is 0 Å². The molecule has 2 atom stereocenters. The first-order valence-electron chi connectivity index (χ1n) is 10.3. The average Bonchev–Trinajstić information content (AvgIpc) is 2.65. The van der Waals surface area contributed by atoms with Crippen LogP contribution >= 0.6 is 0 Å². The zero-order valence-electron chi connectivity index (χ0n) is 18.8. The fourth-order valence-corrected chi connectivity index (χ4v) is 3.08. The minimum atomic E-state index is -1.13. The van der Waals surface area contributed by atoms with E-state index in [1.807, 2.05) is 0 Å². The number of carbonyl (C=O) groups is 4. The van der Waals surface area contributed by atoms with Crippen LogP contribution in [0.25, 0.3) is 0 Å². The molecule has 0 aromatic carbocycles. The van der Waals surface area contributed by atoms with Crippen LogP contribution < -0.4 is 32.7 Å². The molecule has 0 rings (SSSR count). The molecule has 0 unspecified atom stereocenters. The molecule has 0 saturated heterocycles. The molecule has 8 N–H and O–H groups in total. The summed E-state index contributed by atoms with van der Waals surface area (Å²) in [5.41, 5.74) is 9.73. The van der Waals surface area contributed by atoms with Crippen molar-refractivity contribution in [1.29, 1.82) is 0 Å². The summed E-state index contributed by atoms with van der Waals surface area (Å²) in [4.78, 5) is 49.2. The summed E-state index contributed by atoms with van der Waals surface area (Å²) in [5.74, 6) is -1.88. The van der Waals surface area contributed by atoms with Crippen LogP contribution in [0.15, 0.2) is 12.4 Å². The van der Waals surface area contributed by atoms with Gasteiger partial charge in [-0.15, -0.1) is 0 Å². The van der Waals surface area contributed by atoms with Crippen LogP contribution in [-0.2, 0) is 19.2 Å². The molecular formula is C20H38N6O4. The third-order valence-corrected chi connectivity index (χ3v) is 4.97. The Bertz CT molecular complexity index is 631. The van der Waals surface area contributed by atoms with Crippen LogP contribution in [-0.4, -0.2) is 47.8 Å². The Kier molecular flexibility index (Phi) is 11.5. The van der Waals surface area contributed by atoms with Gasteiger partial charge in [-0.1, -0.05) is 34.3 Å². The molecule has 0 radical (unpaired) electrons. The molecule has 0 heterocycles. The van der Waals surface area contributed by atoms with E-state index < -0.39 is 35.3 Å². The molecule has 0 aromatic heterocycles. The number of carbonyl (C=O) groups excluding carboxylic acids is 4. The molecule has 10 heteroatoms. The summed E-state index contributed by atoms with van der Waals surface area (Å²) in [7, 11) is 0. The van der Waals surface area contributed by atoms with Gasteiger partial charge >= 0.3 is 0 Å². The van der Waals surface area contributed by atoms with Crippen molar-refractivity contribution in [1.82, 2.24) is 21.3 Å². The maximum absolute atomic E-state index is 13.0. The normalized spacial score (nSPS) is 13.1. The van der Waals surface area contributed by atoms with Crippen LogP contribution in [0.3, 0.4) is 0 Å². The molecular weight excluding hydrogens is 388 g/mol. The second-order valence-electron chi connectivity index (χ2n) is 7.72. The SMILES string of the molecule is C=C(N)NCCC[C@H](NC(=O)C(CC)(CC)NC(C)=O)C(=O)N[C@H](C(N)=O)C(C)C. The number of nitrogens with two attached hydrogens (primary N) is 2. The van der Waals surface area contributed by atoms with E-state index in [-0.39, 0.29) is 18.2 Å². The van der Waals surface area contributed by atoms with Crippen LogP contribution in [0.4, 0.5) is 0 Å². The van der Waals surface area contributed by atoms with E-state index in [2.05, 4.69) is 27.8 Å². The maximum atomic E-state index is 13.0. The number of nitrogens with one attached hydrogen (secondary N) is 4. The monoisotopic (exact) mass is 426 g/mol. The molecule has 0 saturated carbocycles. The maximum Gasteiger partial charge on any atom is 0.246 e. The Balaban J connectivity index is 5.52. The first kappa shape index (κ1) is 27.2. The van der Waals surface area contributed by atoms with Gasteiger partial charge in [0, 0.05) is 13.5 Å². The molecule has 0 aliphatic rings. The lowest BCUT2D eigenvalue weighted by atomic mass is 9.90. The van der Waals surface area contributed by atoms with Crippen molar-refractivity contribution in [2.24, 2.45) is 17.4 Å². The Morgan fingerprint density at radius 2 is 1.60 bits per heavy atom. The van der Waals surface area contributed by atoms with Crippen molar-refractivity contribution >= 4 is 23.6 Å². The van der Waals surface area contributed by atoms with E-state index in [0.29, 0.717) is 31.6 Å². The average molecular weight is 427 g/mol. The van der Waals surface area contributed by atoms with Crippen LogP contribution in [0.5, 0.6) is 0 Å². The summed E-state index contributed by atoms with van der Waals surface area (Å²) in [6.07, 6.45) is 1.50. The van der Waals surface area contributed by atoms with Gasteiger partial charge in [0.05, 0.1) is 5.82 Å². The molecule has 172 valence electrons. The van der Waals surface area contributed by atoms with Gasteiger partial charge in [-0.3, -0.25) is 19.2 Å². The fraction of sp³-hybridized carbons (Fsp3) is 0.700. The number of hydrogen-bond donors (Lipinski definition) is 6. The minimum Gasteiger partial charge on any atom is -0.386 e. The van der Waals surface area contributed by atoms with E-state index >= 15 is 0 Å². The topological polar surface area (TPSA) is 168 Å². The largest absolute Gasteiger partial charge is 0.386 e. The van der Waals surface area contributed by atoms with Crippen LogP contribution in [0.2, 0.25) is 0 Å². The van der Waals surface area contributed by atoms with Gasteiger partial charge in [0.2, 0.25) is 23.6 Å². The highest BCUT2D eigenvalue weighted by Gasteiger charge is 2.38. The minimum absolute atomic E-state index is 0.213. The molecule has 0 aromatic rings. The van der Waals surface area contributed by atoms with E-state index in [4.69, 9.17) is 11.5 Å². The van der Waals surface area contributed by atoms with Gasteiger partial charge in [-0.2, -0.15) is 0 Å². The van der Waals surface area contributed by atoms with E-state index in [1.54, 1.807) is 27.7 Å². The molecule has 10 nitrogen and oxygen atoms in total. The van der Waals surface area contributed by atoms with Gasteiger partial charge in [-0.05, 0) is 31.6 Å². The van der Waals surface area contributed by atoms with Crippen LogP contribution in [0.1, 0.15) is 60.3 Å². The lowest BCUT2D eigenvalue weighted by molar-refractivity contribution is -0.136. The summed E-state index contributed by atoms with van der Waals surface area (Å²) >= 11 is 0. The molecule has 0 spiro atoms. The zero-order chi connectivity index (χ0) is 23.5. The number of rotatable bonds is 14. The van der Waals surface area contributed by atoms with E-state index in [1.165, 1.54) is 6.92 Å². The highest BCUT2D eigenvalue weighted by atomic mass is 16.2. The first-order valence-corrected chi connectivity index (χ1v) is 10.3. The quantitative estimate of drug-likeness (QED) is 0.206. The van der Waals surface area contributed by atoms with Gasteiger partial charge in [0.25, 0.3) is 0 Å². The Morgan fingerprint density at radius 3 is 2.00 bits per heavy atom. The summed E-state index contributed by atoms with van der Waals surface area (Å²) in [5, 5.41) is 10.9. The third kappa shape index (κ3) is 8.71. The highest BCUT2D eigenvalue weighted by Crippen LogP contribution is 2.16. The Hall–Kier alpha value is -2.78. The number of hydrogen-bond acceptors (Lipinski definition) is 6. The molecule has 0 fully saturated rings. The standard InChI is InChI=1S/C20H38N6O4/c1-7-20(8-2,26-14(6)27)19(30)24-15(10-9-11-23-13(5)21)18(29)25-16(12(3)4)17(22)28/h12,15-16,23H,5,7-11,21H2,1-4,6H3,(H2,22,28)(H,24,30)(H,25,29)(H,26,27)/t15-,16-/m0/s1. The molecule has 4 amide bonds. The predicted molar refractivity (Wildman–Crippen MR) is 116 cm³/mol. The van der Waals surface area contributed by atoms with Crippen molar-refractivity contribution in [3.05, 3.63) is 12.4 Å². The van der Waals surface area contributed by atoms with Crippen molar-refractivity contribution in [2.75, 3.05) is 6.54 Å². The summed E-state index contributed by atoms with van der Waals surface area (Å²) in [6, 6.07) is -1.78. The van der Waals surface area contributed by atoms with Gasteiger partial charge in [-0.25, -0.2) is 0 Å². The molecule has 0 aliphatic heterocycles. The molecule has 0 bridgehead atoms. The van der Waals surface area contributed by atoms with Crippen molar-refractivity contribution in [2.45, 2.75) is 77.9 Å². The Morgan fingerprint density at radius 1 is 1.03 bits per heavy atom. The van der Waals surface area contributed by atoms with Gasteiger partial charge in [0.1, 0.15) is 17.6 Å². The van der Waals surface area contributed by atoms with E-state index in [9.17, 15) is 19.2 Å². The van der Waals surface area contributed by atoms with Gasteiger partial charge in [0.15, 0.2) is 0 Å². The lowest BCUT2D eigenvalue weighted by Gasteiger charge is -2.33. The van der Waals surface area contributed by atoms with Gasteiger partial charge < -0.3 is 32.7 Å². The summed E-state index contributed by atoms with van der Waals surface area (Å²) < 4.78 is 0. The third-order valence-electron chi connectivity index (χ3n) is 4.97. The number of primary amides is 1. The smallest absolute Gasteiger partial charge is 0.246 e. The second-order valence-corrected chi connectivity index (χ2v) is 7.72. The number of amides is 4. The second kappa shape index (κ2) is 12.7. The predicted octanol–water partition coefficient (Wildman–Crippen LogP) is -0.408. The fourth-order valence-electron chi connectivity index (χ4n) is 3.08. The first-order chi connectivity index (χ1) is 13.9. The summed E-state index contributed by atoms with van der Waals surface area (Å²) in [6.45, 7) is 12.4. The Labute approximate surface area is 179 Å². The van der Waals surface area contributed by atoms with Crippen LogP contribution in [0, 0.1) is 5.92 Å². The lowest BCUT2D eigenvalue weighted by Crippen LogP contribution is -2.62. The van der Waals surface area contributed by atoms with Crippen molar-refractivity contribution in [3.8, 4) is 0 Å². The van der Waals surface area contributed by atoms with Crippen molar-refractivity contribution in [3.63, 3.8) is 0 Å². The zero-order valence-corrected chi connectivity index (χ0v) is 18.8. The van der Waals surface area contributed by atoms with Crippen molar-refractivity contribution < 1.29 is 19.2 Å². The molecule has 0 aliphatic carbocycles. The highest BCUT2D eigenvalue weighted by molar-refractivity contribution is 5.95.